The molecule has 4 aromatic rings. The highest BCUT2D eigenvalue weighted by Gasteiger charge is 2.08. The monoisotopic (exact) mass is 491 g/mol. The van der Waals surface area contributed by atoms with Crippen molar-refractivity contribution in [3.8, 4) is 27.7 Å². The zero-order valence-corrected chi connectivity index (χ0v) is 19.9. The summed E-state index contributed by atoms with van der Waals surface area (Å²) in [5.41, 5.74) is 3.30. The maximum atomic E-state index is 10.1. The van der Waals surface area contributed by atoms with E-state index in [1.807, 2.05) is 54.7 Å². The number of H-pyrrole nitrogens is 1. The van der Waals surface area contributed by atoms with Crippen LogP contribution in [0.15, 0.2) is 78.3 Å². The van der Waals surface area contributed by atoms with Gasteiger partial charge >= 0.3 is 0 Å². The van der Waals surface area contributed by atoms with Gasteiger partial charge in [-0.15, -0.1) is 36.2 Å². The fourth-order valence-corrected chi connectivity index (χ4v) is 3.82. The minimum atomic E-state index is -0.557. The number of halogens is 2. The predicted octanol–water partition coefficient (Wildman–Crippen LogP) is 5.22. The molecule has 1 unspecified atom stereocenters. The van der Waals surface area contributed by atoms with E-state index in [2.05, 4.69) is 38.9 Å². The molecule has 1 atom stereocenters. The van der Waals surface area contributed by atoms with Crippen molar-refractivity contribution in [1.82, 2.24) is 15.3 Å². The van der Waals surface area contributed by atoms with Gasteiger partial charge in [0.05, 0.1) is 16.8 Å². The number of aliphatic hydroxyl groups excluding tert-OH is 1. The molecule has 2 aromatic carbocycles. The number of aliphatic hydroxyl groups is 1. The van der Waals surface area contributed by atoms with Gasteiger partial charge in [0.15, 0.2) is 0 Å². The lowest BCUT2D eigenvalue weighted by atomic mass is 10.1. The summed E-state index contributed by atoms with van der Waals surface area (Å²) in [7, 11) is 0. The summed E-state index contributed by atoms with van der Waals surface area (Å²) in [6.07, 6.45) is 2.24. The zero-order valence-electron chi connectivity index (χ0n) is 17.4. The highest BCUT2D eigenvalue weighted by atomic mass is 35.5. The molecule has 2 heterocycles. The Hall–Kier alpha value is -2.35. The van der Waals surface area contributed by atoms with Crippen LogP contribution in [0.3, 0.4) is 0 Å². The van der Waals surface area contributed by atoms with Crippen LogP contribution < -0.4 is 10.1 Å². The number of hydrogen-bond acceptors (Lipinski definition) is 5. The summed E-state index contributed by atoms with van der Waals surface area (Å²) in [4.78, 5) is 8.99. The molecule has 3 N–H and O–H groups in total. The van der Waals surface area contributed by atoms with Crippen LogP contribution in [-0.4, -0.2) is 40.9 Å². The van der Waals surface area contributed by atoms with Gasteiger partial charge in [0.2, 0.25) is 0 Å². The average Bonchev–Trinajstić information content (AvgIpc) is 3.48. The van der Waals surface area contributed by atoms with Crippen molar-refractivity contribution >= 4 is 36.2 Å². The summed E-state index contributed by atoms with van der Waals surface area (Å²) >= 11 is 1.68. The van der Waals surface area contributed by atoms with E-state index >= 15 is 0 Å². The minimum Gasteiger partial charge on any atom is -0.491 e. The molecule has 32 heavy (non-hydrogen) atoms. The standard InChI is InChI=1S/C24H25N3O2S.2ClH/c28-20(15-25-13-12-18-5-2-1-3-6-18)17-29-21-10-8-19(9-11-21)24-26-16-22(27-24)23-7-4-14-30-23;;/h1-11,14,16,20,25,28H,12-13,15,17H2,(H,26,27);2*1H. The van der Waals surface area contributed by atoms with Crippen LogP contribution in [0.5, 0.6) is 5.75 Å². The molecular weight excluding hydrogens is 465 g/mol. The Labute approximate surface area is 204 Å². The van der Waals surface area contributed by atoms with Crippen LogP contribution in [0.25, 0.3) is 22.0 Å². The normalized spacial score (nSPS) is 11.3. The van der Waals surface area contributed by atoms with Gasteiger partial charge in [-0.3, -0.25) is 0 Å². The largest absolute Gasteiger partial charge is 0.491 e. The lowest BCUT2D eigenvalue weighted by molar-refractivity contribution is 0.106. The molecule has 4 rings (SSSR count). The molecule has 0 fully saturated rings. The number of aromatic nitrogens is 2. The quantitative estimate of drug-likeness (QED) is 0.266. The molecular formula is C24H27Cl2N3O2S. The van der Waals surface area contributed by atoms with Crippen molar-refractivity contribution < 1.29 is 9.84 Å². The van der Waals surface area contributed by atoms with E-state index in [0.717, 1.165) is 35.8 Å². The van der Waals surface area contributed by atoms with E-state index in [9.17, 15) is 5.11 Å². The van der Waals surface area contributed by atoms with Crippen molar-refractivity contribution in [2.45, 2.75) is 12.5 Å². The van der Waals surface area contributed by atoms with Gasteiger partial charge in [-0.25, -0.2) is 4.98 Å². The van der Waals surface area contributed by atoms with E-state index in [-0.39, 0.29) is 31.4 Å². The third-order valence-electron chi connectivity index (χ3n) is 4.75. The number of hydrogen-bond donors (Lipinski definition) is 3. The van der Waals surface area contributed by atoms with Gasteiger partial charge in [-0.05, 0) is 54.2 Å². The first-order chi connectivity index (χ1) is 14.8. The Morgan fingerprint density at radius 1 is 1.00 bits per heavy atom. The molecule has 0 bridgehead atoms. The summed E-state index contributed by atoms with van der Waals surface area (Å²) < 4.78 is 5.72. The zero-order chi connectivity index (χ0) is 20.6. The van der Waals surface area contributed by atoms with Crippen molar-refractivity contribution in [3.05, 3.63) is 83.9 Å². The lowest BCUT2D eigenvalue weighted by Crippen LogP contribution is -2.32. The van der Waals surface area contributed by atoms with Crippen molar-refractivity contribution in [2.24, 2.45) is 0 Å². The second-order valence-electron chi connectivity index (χ2n) is 7.05. The number of thiophene rings is 1. The van der Waals surface area contributed by atoms with Gasteiger partial charge < -0.3 is 20.1 Å². The first-order valence-corrected chi connectivity index (χ1v) is 10.9. The molecule has 5 nitrogen and oxygen atoms in total. The molecule has 0 aliphatic carbocycles. The molecule has 170 valence electrons. The van der Waals surface area contributed by atoms with Crippen molar-refractivity contribution in [2.75, 3.05) is 19.7 Å². The lowest BCUT2D eigenvalue weighted by Gasteiger charge is -2.13. The fraction of sp³-hybridized carbons (Fsp3) is 0.208. The number of aromatic amines is 1. The van der Waals surface area contributed by atoms with Crippen LogP contribution in [0.1, 0.15) is 5.56 Å². The Balaban J connectivity index is 0.00000181. The number of nitrogens with one attached hydrogen (secondary N) is 2. The molecule has 8 heteroatoms. The third-order valence-corrected chi connectivity index (χ3v) is 5.65. The minimum absolute atomic E-state index is 0. The third kappa shape index (κ3) is 7.36. The highest BCUT2D eigenvalue weighted by molar-refractivity contribution is 7.13. The smallest absolute Gasteiger partial charge is 0.137 e. The Bertz CT molecular complexity index is 1030. The molecule has 0 radical (unpaired) electrons. The Morgan fingerprint density at radius 2 is 1.78 bits per heavy atom. The first-order valence-electron chi connectivity index (χ1n) is 10.0. The molecule has 0 saturated carbocycles. The summed E-state index contributed by atoms with van der Waals surface area (Å²) in [5, 5.41) is 15.5. The molecule has 0 amide bonds. The number of benzene rings is 2. The Kier molecular flexibility index (Phi) is 10.7. The predicted molar refractivity (Wildman–Crippen MR) is 136 cm³/mol. The SMILES string of the molecule is Cl.Cl.OC(CNCCc1ccccc1)COc1ccc(-c2ncc(-c3cccs3)[nH]2)cc1. The molecule has 0 aliphatic heterocycles. The van der Waals surface area contributed by atoms with Gasteiger partial charge in [0.1, 0.15) is 24.3 Å². The van der Waals surface area contributed by atoms with Gasteiger partial charge in [-0.2, -0.15) is 0 Å². The molecule has 0 saturated heterocycles. The molecule has 0 spiro atoms. The van der Waals surface area contributed by atoms with E-state index in [1.54, 1.807) is 11.3 Å². The van der Waals surface area contributed by atoms with Gasteiger partial charge in [-0.1, -0.05) is 36.4 Å². The summed E-state index contributed by atoms with van der Waals surface area (Å²) in [6, 6.07) is 22.1. The maximum Gasteiger partial charge on any atom is 0.137 e. The van der Waals surface area contributed by atoms with E-state index in [1.165, 1.54) is 10.4 Å². The molecule has 2 aromatic heterocycles. The van der Waals surface area contributed by atoms with Crippen LogP contribution >= 0.6 is 36.2 Å². The van der Waals surface area contributed by atoms with Crippen LogP contribution in [-0.2, 0) is 6.42 Å². The van der Waals surface area contributed by atoms with Crippen LogP contribution in [0, 0.1) is 0 Å². The van der Waals surface area contributed by atoms with Crippen LogP contribution in [0.4, 0.5) is 0 Å². The van der Waals surface area contributed by atoms with Gasteiger partial charge in [0.25, 0.3) is 0 Å². The topological polar surface area (TPSA) is 70.2 Å². The number of ether oxygens (including phenoxy) is 1. The average molecular weight is 492 g/mol. The highest BCUT2D eigenvalue weighted by Crippen LogP contribution is 2.26. The summed E-state index contributed by atoms with van der Waals surface area (Å²) in [5.74, 6) is 1.56. The Morgan fingerprint density at radius 3 is 2.50 bits per heavy atom. The number of rotatable bonds is 10. The number of imidazole rings is 1. The second-order valence-corrected chi connectivity index (χ2v) is 8.00. The maximum absolute atomic E-state index is 10.1. The molecule has 0 aliphatic rings. The van der Waals surface area contributed by atoms with Crippen molar-refractivity contribution in [1.29, 1.82) is 0 Å². The number of nitrogens with zero attached hydrogens (tertiary/aromatic N) is 1. The second kappa shape index (κ2) is 13.3. The van der Waals surface area contributed by atoms with E-state index < -0.39 is 6.10 Å². The first kappa shape index (κ1) is 25.9. The van der Waals surface area contributed by atoms with E-state index in [4.69, 9.17) is 4.74 Å². The van der Waals surface area contributed by atoms with Crippen molar-refractivity contribution in [3.63, 3.8) is 0 Å². The van der Waals surface area contributed by atoms with E-state index in [0.29, 0.717) is 6.54 Å². The fourth-order valence-electron chi connectivity index (χ4n) is 3.13. The van der Waals surface area contributed by atoms with Crippen LogP contribution in [0.2, 0.25) is 0 Å². The summed E-state index contributed by atoms with van der Waals surface area (Å²) in [6.45, 7) is 1.58. The van der Waals surface area contributed by atoms with Gasteiger partial charge in [0, 0.05) is 12.1 Å².